The van der Waals surface area contributed by atoms with Crippen LogP contribution in [0, 0.1) is 0 Å². The third-order valence-electron chi connectivity index (χ3n) is 2.38. The third kappa shape index (κ3) is 2.51. The first-order chi connectivity index (χ1) is 8.78. The van der Waals surface area contributed by atoms with Gasteiger partial charge in [0.1, 0.15) is 0 Å². The predicted octanol–water partition coefficient (Wildman–Crippen LogP) is 3.03. The van der Waals surface area contributed by atoms with Crippen molar-refractivity contribution in [2.45, 2.75) is 6.92 Å². The van der Waals surface area contributed by atoms with Crippen LogP contribution in [0.2, 0.25) is 0 Å². The summed E-state index contributed by atoms with van der Waals surface area (Å²) in [5, 5.41) is 2.32. The maximum atomic E-state index is 10.6. The lowest BCUT2D eigenvalue weighted by Gasteiger charge is -2.09. The van der Waals surface area contributed by atoms with Crippen LogP contribution in [0.3, 0.4) is 0 Å². The van der Waals surface area contributed by atoms with E-state index in [-0.39, 0.29) is 0 Å². The molecule has 0 aliphatic carbocycles. The molecule has 4 nitrogen and oxygen atoms in total. The number of hydrogen-bond acceptors (Lipinski definition) is 5. The van der Waals surface area contributed by atoms with E-state index in [0.717, 1.165) is 17.5 Å². The van der Waals surface area contributed by atoms with Crippen LogP contribution in [0.4, 0.5) is 0 Å². The molecule has 0 fully saturated rings. The van der Waals surface area contributed by atoms with Gasteiger partial charge in [0.25, 0.3) is 0 Å². The van der Waals surface area contributed by atoms with Crippen molar-refractivity contribution in [3.8, 4) is 22.8 Å². The molecule has 0 saturated heterocycles. The van der Waals surface area contributed by atoms with E-state index in [1.54, 1.807) is 7.11 Å². The van der Waals surface area contributed by atoms with E-state index in [0.29, 0.717) is 23.1 Å². The number of aromatic nitrogens is 1. The van der Waals surface area contributed by atoms with Crippen LogP contribution in [0.15, 0.2) is 23.6 Å². The first-order valence-electron chi connectivity index (χ1n) is 5.50. The minimum Gasteiger partial charge on any atom is -0.493 e. The second-order valence-electron chi connectivity index (χ2n) is 3.49. The normalized spacial score (nSPS) is 10.1. The maximum Gasteiger partial charge on any atom is 0.178 e. The minimum absolute atomic E-state index is 0.470. The predicted molar refractivity (Wildman–Crippen MR) is 70.7 cm³/mol. The van der Waals surface area contributed by atoms with Crippen LogP contribution < -0.4 is 9.47 Å². The molecular weight excluding hydrogens is 250 g/mol. The Hall–Kier alpha value is -1.88. The summed E-state index contributed by atoms with van der Waals surface area (Å²) in [7, 11) is 1.60. The third-order valence-corrected chi connectivity index (χ3v) is 3.15. The number of ether oxygens (including phenoxy) is 2. The average molecular weight is 263 g/mol. The van der Waals surface area contributed by atoms with Gasteiger partial charge in [-0.25, -0.2) is 4.98 Å². The molecule has 1 aromatic heterocycles. The molecule has 0 unspecified atom stereocenters. The van der Waals surface area contributed by atoms with Gasteiger partial charge in [-0.3, -0.25) is 4.79 Å². The fourth-order valence-electron chi connectivity index (χ4n) is 1.58. The fraction of sp³-hybridized carbons (Fsp3) is 0.231. The van der Waals surface area contributed by atoms with Gasteiger partial charge >= 0.3 is 0 Å². The topological polar surface area (TPSA) is 48.4 Å². The molecule has 1 heterocycles. The molecule has 0 atom stereocenters. The molecule has 0 aliphatic heterocycles. The zero-order valence-electron chi connectivity index (χ0n) is 10.2. The van der Waals surface area contributed by atoms with Crippen molar-refractivity contribution in [1.82, 2.24) is 4.98 Å². The highest BCUT2D eigenvalue weighted by Gasteiger charge is 2.09. The molecule has 94 valence electrons. The van der Waals surface area contributed by atoms with Crippen molar-refractivity contribution in [2.75, 3.05) is 13.7 Å². The first kappa shape index (κ1) is 12.6. The fourth-order valence-corrected chi connectivity index (χ4v) is 2.20. The van der Waals surface area contributed by atoms with Gasteiger partial charge in [-0.2, -0.15) is 0 Å². The monoisotopic (exact) mass is 263 g/mol. The van der Waals surface area contributed by atoms with Crippen molar-refractivity contribution in [3.63, 3.8) is 0 Å². The largest absolute Gasteiger partial charge is 0.493 e. The summed E-state index contributed by atoms with van der Waals surface area (Å²) < 4.78 is 10.7. The van der Waals surface area contributed by atoms with Crippen LogP contribution in [-0.4, -0.2) is 25.0 Å². The van der Waals surface area contributed by atoms with Gasteiger partial charge in [0, 0.05) is 10.9 Å². The van der Waals surface area contributed by atoms with Crippen LogP contribution in [0.1, 0.15) is 16.7 Å². The van der Waals surface area contributed by atoms with E-state index < -0.39 is 0 Å². The number of methoxy groups -OCH3 is 1. The number of rotatable bonds is 5. The highest BCUT2D eigenvalue weighted by Crippen LogP contribution is 2.32. The quantitative estimate of drug-likeness (QED) is 0.778. The number of hydrogen-bond donors (Lipinski definition) is 0. The van der Waals surface area contributed by atoms with E-state index in [4.69, 9.17) is 9.47 Å². The summed E-state index contributed by atoms with van der Waals surface area (Å²) in [5.41, 5.74) is 1.67. The van der Waals surface area contributed by atoms with Crippen LogP contribution in [0.5, 0.6) is 11.5 Å². The number of benzene rings is 1. The molecule has 0 N–H and O–H groups in total. The van der Waals surface area contributed by atoms with E-state index in [9.17, 15) is 4.79 Å². The van der Waals surface area contributed by atoms with Crippen LogP contribution >= 0.6 is 11.3 Å². The molecule has 0 amide bonds. The van der Waals surface area contributed by atoms with E-state index in [2.05, 4.69) is 4.98 Å². The highest BCUT2D eigenvalue weighted by molar-refractivity contribution is 7.11. The Morgan fingerprint density at radius 1 is 1.39 bits per heavy atom. The SMILES string of the molecule is CCOc1ccc(-c2csc(C=O)n2)cc1OC. The number of thiazole rings is 1. The lowest BCUT2D eigenvalue weighted by atomic mass is 10.1. The Morgan fingerprint density at radius 2 is 2.22 bits per heavy atom. The lowest BCUT2D eigenvalue weighted by Crippen LogP contribution is -1.95. The van der Waals surface area contributed by atoms with Crippen LogP contribution in [0.25, 0.3) is 11.3 Å². The zero-order chi connectivity index (χ0) is 13.0. The van der Waals surface area contributed by atoms with E-state index >= 15 is 0 Å². The number of aldehydes is 1. The minimum atomic E-state index is 0.470. The molecule has 5 heteroatoms. The summed E-state index contributed by atoms with van der Waals surface area (Å²) in [4.78, 5) is 14.8. The summed E-state index contributed by atoms with van der Waals surface area (Å²) in [6.45, 7) is 2.51. The molecule has 2 rings (SSSR count). The standard InChI is InChI=1S/C13H13NO3S/c1-3-17-11-5-4-9(6-12(11)16-2)10-8-18-13(7-15)14-10/h4-8H,3H2,1-2H3. The second kappa shape index (κ2) is 5.64. The van der Waals surface area contributed by atoms with Gasteiger partial charge in [0.15, 0.2) is 22.8 Å². The summed E-state index contributed by atoms with van der Waals surface area (Å²) in [5.74, 6) is 1.37. The van der Waals surface area contributed by atoms with E-state index in [1.165, 1.54) is 11.3 Å². The van der Waals surface area contributed by atoms with Gasteiger partial charge in [0.05, 0.1) is 19.4 Å². The molecule has 0 bridgehead atoms. The summed E-state index contributed by atoms with van der Waals surface area (Å²) >= 11 is 1.32. The average Bonchev–Trinajstić information content (AvgIpc) is 2.88. The molecule has 18 heavy (non-hydrogen) atoms. The number of carbonyl (C=O) groups is 1. The Kier molecular flexibility index (Phi) is 3.94. The number of nitrogens with zero attached hydrogens (tertiary/aromatic N) is 1. The molecular formula is C13H13NO3S. The molecule has 2 aromatic rings. The Labute approximate surface area is 109 Å². The van der Waals surface area contributed by atoms with Gasteiger partial charge < -0.3 is 9.47 Å². The summed E-state index contributed by atoms with van der Waals surface area (Å²) in [6.07, 6.45) is 0.750. The van der Waals surface area contributed by atoms with Crippen LogP contribution in [-0.2, 0) is 0 Å². The Balaban J connectivity index is 2.37. The Morgan fingerprint density at radius 3 is 2.83 bits per heavy atom. The second-order valence-corrected chi connectivity index (χ2v) is 4.38. The zero-order valence-corrected chi connectivity index (χ0v) is 11.0. The lowest BCUT2D eigenvalue weighted by molar-refractivity contribution is 0.112. The first-order valence-corrected chi connectivity index (χ1v) is 6.38. The van der Waals surface area contributed by atoms with Crippen molar-refractivity contribution < 1.29 is 14.3 Å². The van der Waals surface area contributed by atoms with Crippen molar-refractivity contribution in [1.29, 1.82) is 0 Å². The Bertz CT molecular complexity index is 551. The van der Waals surface area contributed by atoms with E-state index in [1.807, 2.05) is 30.5 Å². The van der Waals surface area contributed by atoms with Crippen molar-refractivity contribution in [3.05, 3.63) is 28.6 Å². The van der Waals surface area contributed by atoms with Gasteiger partial charge in [-0.05, 0) is 25.1 Å². The summed E-state index contributed by atoms with van der Waals surface area (Å²) in [6, 6.07) is 5.60. The van der Waals surface area contributed by atoms with Gasteiger partial charge in [-0.15, -0.1) is 11.3 Å². The van der Waals surface area contributed by atoms with Gasteiger partial charge in [0.2, 0.25) is 0 Å². The molecule has 0 saturated carbocycles. The molecule has 0 radical (unpaired) electrons. The van der Waals surface area contributed by atoms with Crippen molar-refractivity contribution >= 4 is 17.6 Å². The molecule has 0 aliphatic rings. The van der Waals surface area contributed by atoms with Gasteiger partial charge in [-0.1, -0.05) is 0 Å². The smallest absolute Gasteiger partial charge is 0.178 e. The molecule has 0 spiro atoms. The van der Waals surface area contributed by atoms with Crippen molar-refractivity contribution in [2.24, 2.45) is 0 Å². The maximum absolute atomic E-state index is 10.6. The number of carbonyl (C=O) groups excluding carboxylic acids is 1. The molecule has 1 aromatic carbocycles. The highest BCUT2D eigenvalue weighted by atomic mass is 32.1.